The van der Waals surface area contributed by atoms with Gasteiger partial charge in [-0.1, -0.05) is 0 Å². The molecule has 0 N–H and O–H groups in total. The minimum atomic E-state index is 0.160. The first-order valence-electron chi connectivity index (χ1n) is 9.74. The number of ketones is 1. The highest BCUT2D eigenvalue weighted by molar-refractivity contribution is 5.87. The first-order chi connectivity index (χ1) is 13.8. The summed E-state index contributed by atoms with van der Waals surface area (Å²) in [4.78, 5) is 27.9. The SMILES string of the molecule is O=C(Cc1cc2cc(-c3cnco3)ncc2cn1)C1CC(N2CCOCC2)C1. The second-order valence-electron chi connectivity index (χ2n) is 7.57. The average Bonchev–Trinajstić information content (AvgIpc) is 3.22. The molecule has 0 spiro atoms. The Kier molecular flexibility index (Phi) is 4.62. The molecule has 0 aromatic carbocycles. The van der Waals surface area contributed by atoms with Crippen LogP contribution in [0.4, 0.5) is 0 Å². The summed E-state index contributed by atoms with van der Waals surface area (Å²) in [6.45, 7) is 3.58. The highest BCUT2D eigenvalue weighted by Crippen LogP contribution is 2.33. The topological polar surface area (TPSA) is 81.3 Å². The molecule has 28 heavy (non-hydrogen) atoms. The molecule has 2 aliphatic rings. The van der Waals surface area contributed by atoms with Gasteiger partial charge in [-0.2, -0.15) is 0 Å². The van der Waals surface area contributed by atoms with Gasteiger partial charge in [-0.25, -0.2) is 4.98 Å². The zero-order chi connectivity index (χ0) is 18.9. The summed E-state index contributed by atoms with van der Waals surface area (Å²) in [5, 5.41) is 1.94. The summed E-state index contributed by atoms with van der Waals surface area (Å²) in [7, 11) is 0. The van der Waals surface area contributed by atoms with Crippen LogP contribution in [0.1, 0.15) is 18.5 Å². The second kappa shape index (κ2) is 7.41. The predicted octanol–water partition coefficient (Wildman–Crippen LogP) is 2.51. The van der Waals surface area contributed by atoms with Gasteiger partial charge < -0.3 is 9.15 Å². The van der Waals surface area contributed by atoms with Crippen LogP contribution in [0.3, 0.4) is 0 Å². The van der Waals surface area contributed by atoms with E-state index < -0.39 is 0 Å². The van der Waals surface area contributed by atoms with E-state index in [1.165, 1.54) is 6.39 Å². The summed E-state index contributed by atoms with van der Waals surface area (Å²) in [5.41, 5.74) is 1.53. The smallest absolute Gasteiger partial charge is 0.181 e. The number of ether oxygens (including phenoxy) is 1. The molecule has 0 bridgehead atoms. The van der Waals surface area contributed by atoms with E-state index in [0.717, 1.165) is 61.3 Å². The van der Waals surface area contributed by atoms with Crippen molar-refractivity contribution in [3.63, 3.8) is 0 Å². The lowest BCUT2D eigenvalue weighted by atomic mass is 9.75. The van der Waals surface area contributed by atoms with Crippen molar-refractivity contribution in [1.82, 2.24) is 19.9 Å². The normalized spacial score (nSPS) is 22.9. The number of fused-ring (bicyclic) bond motifs is 1. The van der Waals surface area contributed by atoms with Crippen molar-refractivity contribution in [3.05, 3.63) is 42.8 Å². The number of nitrogens with zero attached hydrogens (tertiary/aromatic N) is 4. The van der Waals surface area contributed by atoms with Gasteiger partial charge in [-0.15, -0.1) is 0 Å². The van der Waals surface area contributed by atoms with Gasteiger partial charge in [0.25, 0.3) is 0 Å². The van der Waals surface area contributed by atoms with Crippen LogP contribution >= 0.6 is 0 Å². The highest BCUT2D eigenvalue weighted by Gasteiger charge is 2.37. The van der Waals surface area contributed by atoms with E-state index in [4.69, 9.17) is 9.15 Å². The molecule has 1 saturated carbocycles. The number of oxazole rings is 1. The van der Waals surface area contributed by atoms with Crippen molar-refractivity contribution in [1.29, 1.82) is 0 Å². The number of pyridine rings is 2. The summed E-state index contributed by atoms with van der Waals surface area (Å²) < 4.78 is 10.7. The molecule has 7 nitrogen and oxygen atoms in total. The maximum Gasteiger partial charge on any atom is 0.181 e. The van der Waals surface area contributed by atoms with Gasteiger partial charge in [0.1, 0.15) is 11.5 Å². The largest absolute Gasteiger partial charge is 0.442 e. The minimum absolute atomic E-state index is 0.160. The molecule has 0 amide bonds. The van der Waals surface area contributed by atoms with Crippen molar-refractivity contribution < 1.29 is 13.9 Å². The van der Waals surface area contributed by atoms with E-state index in [1.807, 2.05) is 12.1 Å². The van der Waals surface area contributed by atoms with Crippen LogP contribution in [0.5, 0.6) is 0 Å². The lowest BCUT2D eigenvalue weighted by Crippen LogP contribution is -2.51. The van der Waals surface area contributed by atoms with Crippen molar-refractivity contribution in [2.45, 2.75) is 25.3 Å². The van der Waals surface area contributed by atoms with Crippen LogP contribution in [-0.2, 0) is 16.0 Å². The van der Waals surface area contributed by atoms with E-state index in [2.05, 4.69) is 19.9 Å². The maximum absolute atomic E-state index is 12.7. The fourth-order valence-electron chi connectivity index (χ4n) is 4.07. The lowest BCUT2D eigenvalue weighted by Gasteiger charge is -2.43. The molecular formula is C21H22N4O3. The molecule has 3 aromatic rings. The van der Waals surface area contributed by atoms with Crippen LogP contribution in [0.25, 0.3) is 22.2 Å². The molecule has 5 rings (SSSR count). The van der Waals surface area contributed by atoms with Crippen LogP contribution in [0.2, 0.25) is 0 Å². The van der Waals surface area contributed by atoms with Gasteiger partial charge in [0.2, 0.25) is 0 Å². The summed E-state index contributed by atoms with van der Waals surface area (Å²) in [5.74, 6) is 1.08. The zero-order valence-electron chi connectivity index (χ0n) is 15.6. The number of rotatable bonds is 5. The van der Waals surface area contributed by atoms with Crippen LogP contribution in [0.15, 0.2) is 41.5 Å². The van der Waals surface area contributed by atoms with Crippen molar-refractivity contribution in [3.8, 4) is 11.5 Å². The van der Waals surface area contributed by atoms with Gasteiger partial charge in [-0.05, 0) is 30.4 Å². The Labute approximate surface area is 162 Å². The molecule has 3 aromatic heterocycles. The van der Waals surface area contributed by atoms with E-state index >= 15 is 0 Å². The molecule has 4 heterocycles. The van der Waals surface area contributed by atoms with Gasteiger partial charge in [0.15, 0.2) is 12.2 Å². The number of carbonyl (C=O) groups excluding carboxylic acids is 1. The van der Waals surface area contributed by atoms with E-state index in [-0.39, 0.29) is 5.92 Å². The Morgan fingerprint density at radius 1 is 1.07 bits per heavy atom. The monoisotopic (exact) mass is 378 g/mol. The van der Waals surface area contributed by atoms with Crippen LogP contribution in [-0.4, -0.2) is 58.0 Å². The summed E-state index contributed by atoms with van der Waals surface area (Å²) in [6, 6.07) is 4.47. The molecule has 1 aliphatic carbocycles. The van der Waals surface area contributed by atoms with Crippen LogP contribution in [0, 0.1) is 5.92 Å². The first kappa shape index (κ1) is 17.5. The Balaban J connectivity index is 1.25. The number of Topliss-reactive ketones (excluding diaryl/α,β-unsaturated/α-hetero) is 1. The van der Waals surface area contributed by atoms with E-state index in [0.29, 0.717) is 24.0 Å². The fourth-order valence-corrected chi connectivity index (χ4v) is 4.07. The number of aromatic nitrogens is 3. The van der Waals surface area contributed by atoms with E-state index in [1.54, 1.807) is 18.6 Å². The van der Waals surface area contributed by atoms with E-state index in [9.17, 15) is 4.79 Å². The minimum Gasteiger partial charge on any atom is -0.442 e. The molecule has 1 aliphatic heterocycles. The third-order valence-electron chi connectivity index (χ3n) is 5.83. The molecule has 2 fully saturated rings. The maximum atomic E-state index is 12.7. The molecule has 1 saturated heterocycles. The number of morpholine rings is 1. The fraction of sp³-hybridized carbons (Fsp3) is 0.429. The Hall–Kier alpha value is -2.64. The number of hydrogen-bond acceptors (Lipinski definition) is 7. The Morgan fingerprint density at radius 3 is 2.68 bits per heavy atom. The molecule has 7 heteroatoms. The van der Waals surface area contributed by atoms with Crippen molar-refractivity contribution in [2.24, 2.45) is 5.92 Å². The molecule has 144 valence electrons. The lowest BCUT2D eigenvalue weighted by molar-refractivity contribution is -0.127. The molecule has 0 unspecified atom stereocenters. The Bertz CT molecular complexity index is 976. The average molecular weight is 378 g/mol. The third-order valence-corrected chi connectivity index (χ3v) is 5.83. The number of hydrogen-bond donors (Lipinski definition) is 0. The highest BCUT2D eigenvalue weighted by atomic mass is 16.5. The van der Waals surface area contributed by atoms with Gasteiger partial charge >= 0.3 is 0 Å². The van der Waals surface area contributed by atoms with Crippen molar-refractivity contribution >= 4 is 16.6 Å². The second-order valence-corrected chi connectivity index (χ2v) is 7.57. The Morgan fingerprint density at radius 2 is 1.89 bits per heavy atom. The third kappa shape index (κ3) is 3.43. The number of carbonyl (C=O) groups is 1. The molecule has 0 radical (unpaired) electrons. The zero-order valence-corrected chi connectivity index (χ0v) is 15.6. The standard InChI is InChI=1S/C21H22N4O3/c26-20(15-6-18(7-15)25-1-3-27-4-2-25)9-17-5-14-8-19(21-12-22-13-28-21)24-11-16(14)10-23-17/h5,8,10-13,15,18H,1-4,6-7,9H2. The summed E-state index contributed by atoms with van der Waals surface area (Å²) >= 11 is 0. The molecular weight excluding hydrogens is 356 g/mol. The van der Waals surface area contributed by atoms with Crippen molar-refractivity contribution in [2.75, 3.05) is 26.3 Å². The first-order valence-corrected chi connectivity index (χ1v) is 9.74. The predicted molar refractivity (Wildman–Crippen MR) is 103 cm³/mol. The van der Waals surface area contributed by atoms with Crippen LogP contribution < -0.4 is 0 Å². The molecule has 0 atom stereocenters. The van der Waals surface area contributed by atoms with Gasteiger partial charge in [-0.3, -0.25) is 19.7 Å². The van der Waals surface area contributed by atoms with Gasteiger partial charge in [0.05, 0.1) is 19.4 Å². The summed E-state index contributed by atoms with van der Waals surface area (Å²) in [6.07, 6.45) is 8.90. The van der Waals surface area contributed by atoms with Gasteiger partial charge in [0, 0.05) is 54.9 Å². The quantitative estimate of drug-likeness (QED) is 0.675.